The lowest BCUT2D eigenvalue weighted by molar-refractivity contribution is -0.197. The zero-order chi connectivity index (χ0) is 4.99. The van der Waals surface area contributed by atoms with Crippen LogP contribution >= 0.6 is 0 Å². The van der Waals surface area contributed by atoms with E-state index in [1.807, 2.05) is 0 Å². The molecule has 34 valence electrons. The van der Waals surface area contributed by atoms with Gasteiger partial charge in [-0.15, -0.1) is 0 Å². The third-order valence-corrected chi connectivity index (χ3v) is 0.345. The van der Waals surface area contributed by atoms with E-state index in [1.165, 1.54) is 6.08 Å². The van der Waals surface area contributed by atoms with Crippen molar-refractivity contribution in [3.05, 3.63) is 25.0 Å². The summed E-state index contributed by atoms with van der Waals surface area (Å²) in [5.41, 5.74) is 0. The van der Waals surface area contributed by atoms with Gasteiger partial charge in [0, 0.05) is 0 Å². The van der Waals surface area contributed by atoms with Crippen LogP contribution in [0.3, 0.4) is 0 Å². The topological polar surface area (TPSA) is 29.5 Å². The minimum absolute atomic E-state index is 0.162. The van der Waals surface area contributed by atoms with E-state index in [9.17, 15) is 0 Å². The fourth-order valence-electron chi connectivity index (χ4n) is 0.0373. The Labute approximate surface area is 36.3 Å². The first-order chi connectivity index (χ1) is 2.81. The largest absolute Gasteiger partial charge is 0.341 e. The van der Waals surface area contributed by atoms with E-state index in [4.69, 9.17) is 5.26 Å². The van der Waals surface area contributed by atoms with E-state index in [0.29, 0.717) is 0 Å². The van der Waals surface area contributed by atoms with Crippen LogP contribution in [0, 0.1) is 0 Å². The smallest absolute Gasteiger partial charge is 0.157 e. The first-order valence-electron chi connectivity index (χ1n) is 1.44. The lowest BCUT2D eigenvalue weighted by atomic mass is 10.6. The predicted octanol–water partition coefficient (Wildman–Crippen LogP) is 1.18. The molecule has 0 saturated heterocycles. The van der Waals surface area contributed by atoms with Crippen LogP contribution in [0.25, 0.3) is 0 Å². The minimum Gasteiger partial charge on any atom is -0.341 e. The van der Waals surface area contributed by atoms with Gasteiger partial charge in [-0.2, -0.15) is 0 Å². The first kappa shape index (κ1) is 5.24. The molecule has 0 radical (unpaired) electrons. The summed E-state index contributed by atoms with van der Waals surface area (Å²) in [6, 6.07) is 0. The van der Waals surface area contributed by atoms with E-state index in [2.05, 4.69) is 18.0 Å². The van der Waals surface area contributed by atoms with Gasteiger partial charge in [0.15, 0.2) is 5.76 Å². The normalized spacial score (nSPS) is 6.83. The summed E-state index contributed by atoms with van der Waals surface area (Å²) in [6.07, 6.45) is 1.31. The number of hydrogen-bond acceptors (Lipinski definition) is 2. The summed E-state index contributed by atoms with van der Waals surface area (Å²) >= 11 is 0. The lowest BCUT2D eigenvalue weighted by Crippen LogP contribution is -1.74. The molecular weight excluding hydrogens is 80.0 g/mol. The van der Waals surface area contributed by atoms with Crippen LogP contribution in [0.4, 0.5) is 0 Å². The Morgan fingerprint density at radius 2 is 2.33 bits per heavy atom. The van der Waals surface area contributed by atoms with E-state index < -0.39 is 0 Å². The van der Waals surface area contributed by atoms with Gasteiger partial charge in [0.05, 0.1) is 0 Å². The van der Waals surface area contributed by atoms with Gasteiger partial charge in [0.2, 0.25) is 0 Å². The van der Waals surface area contributed by atoms with E-state index in [0.717, 1.165) is 0 Å². The molecule has 2 nitrogen and oxygen atoms in total. The maximum Gasteiger partial charge on any atom is 0.157 e. The zero-order valence-corrected chi connectivity index (χ0v) is 3.35. The highest BCUT2D eigenvalue weighted by molar-refractivity contribution is 5.00. The molecule has 0 aliphatic heterocycles. The monoisotopic (exact) mass is 86.0 g/mol. The van der Waals surface area contributed by atoms with Crippen molar-refractivity contribution in [3.63, 3.8) is 0 Å². The lowest BCUT2D eigenvalue weighted by Gasteiger charge is -1.86. The molecule has 0 bridgehead atoms. The Bertz CT molecular complexity index is 65.9. The molecule has 6 heavy (non-hydrogen) atoms. The summed E-state index contributed by atoms with van der Waals surface area (Å²) in [5, 5.41) is 7.66. The molecule has 0 atom stereocenters. The van der Waals surface area contributed by atoms with Crippen LogP contribution in [-0.2, 0) is 4.89 Å². The van der Waals surface area contributed by atoms with Gasteiger partial charge in [0.1, 0.15) is 0 Å². The quantitative estimate of drug-likeness (QED) is 0.236. The first-order valence-corrected chi connectivity index (χ1v) is 1.44. The number of allylic oxidation sites excluding steroid dienone is 1. The molecule has 0 fully saturated rings. The van der Waals surface area contributed by atoms with Crippen LogP contribution < -0.4 is 0 Å². The van der Waals surface area contributed by atoms with Gasteiger partial charge in [-0.25, -0.2) is 5.26 Å². The molecule has 0 unspecified atom stereocenters. The molecule has 0 aromatic carbocycles. The average molecular weight is 86.1 g/mol. The SMILES string of the molecule is C=CC(=C)OO. The van der Waals surface area contributed by atoms with Crippen molar-refractivity contribution in [2.45, 2.75) is 0 Å². The van der Waals surface area contributed by atoms with Crippen molar-refractivity contribution in [2.24, 2.45) is 0 Å². The van der Waals surface area contributed by atoms with Crippen LogP contribution in [-0.4, -0.2) is 5.26 Å². The maximum absolute atomic E-state index is 7.66. The predicted molar refractivity (Wildman–Crippen MR) is 23.1 cm³/mol. The zero-order valence-electron chi connectivity index (χ0n) is 3.35. The molecule has 1 N–H and O–H groups in total. The fraction of sp³-hybridized carbons (Fsp3) is 0. The van der Waals surface area contributed by atoms with Gasteiger partial charge >= 0.3 is 0 Å². The Hall–Kier alpha value is -0.760. The Morgan fingerprint density at radius 3 is 2.33 bits per heavy atom. The molecule has 0 spiro atoms. The van der Waals surface area contributed by atoms with Crippen LogP contribution in [0.5, 0.6) is 0 Å². The molecule has 0 saturated carbocycles. The van der Waals surface area contributed by atoms with E-state index >= 15 is 0 Å². The molecule has 0 rings (SSSR count). The fourth-order valence-corrected chi connectivity index (χ4v) is 0.0373. The van der Waals surface area contributed by atoms with Crippen molar-refractivity contribution in [1.29, 1.82) is 0 Å². The van der Waals surface area contributed by atoms with E-state index in [1.54, 1.807) is 0 Å². The highest BCUT2D eigenvalue weighted by Crippen LogP contribution is 1.85. The summed E-state index contributed by atoms with van der Waals surface area (Å²) in [4.78, 5) is 3.59. The maximum atomic E-state index is 7.66. The van der Waals surface area contributed by atoms with Crippen molar-refractivity contribution >= 4 is 0 Å². The second kappa shape index (κ2) is 2.48. The summed E-state index contributed by atoms with van der Waals surface area (Å²) in [5.74, 6) is 0.162. The number of hydrogen-bond donors (Lipinski definition) is 1. The minimum atomic E-state index is 0.162. The molecule has 0 aliphatic rings. The second-order valence-electron chi connectivity index (χ2n) is 0.762. The van der Waals surface area contributed by atoms with Gasteiger partial charge in [0.25, 0.3) is 0 Å². The second-order valence-corrected chi connectivity index (χ2v) is 0.762. The van der Waals surface area contributed by atoms with Gasteiger partial charge < -0.3 is 4.89 Å². The van der Waals surface area contributed by atoms with Crippen molar-refractivity contribution in [1.82, 2.24) is 0 Å². The third kappa shape index (κ3) is 1.55. The van der Waals surface area contributed by atoms with Crippen LogP contribution in [0.2, 0.25) is 0 Å². The molecule has 0 heterocycles. The van der Waals surface area contributed by atoms with Gasteiger partial charge in [-0.05, 0) is 6.08 Å². The summed E-state index contributed by atoms with van der Waals surface area (Å²) in [6.45, 7) is 6.45. The summed E-state index contributed by atoms with van der Waals surface area (Å²) < 4.78 is 0. The van der Waals surface area contributed by atoms with Crippen LogP contribution in [0.15, 0.2) is 25.0 Å². The third-order valence-electron chi connectivity index (χ3n) is 0.345. The molecular formula is C4H6O2. The molecule has 0 amide bonds. The highest BCUT2D eigenvalue weighted by atomic mass is 17.1. The molecule has 0 aromatic rings. The Kier molecular flexibility index (Phi) is 2.16. The molecule has 0 aliphatic carbocycles. The van der Waals surface area contributed by atoms with Crippen molar-refractivity contribution in [3.8, 4) is 0 Å². The van der Waals surface area contributed by atoms with Crippen molar-refractivity contribution < 1.29 is 10.1 Å². The Balaban J connectivity index is 3.23. The molecule has 2 heteroatoms. The average Bonchev–Trinajstić information content (AvgIpc) is 1.65. The molecule has 0 aromatic heterocycles. The van der Waals surface area contributed by atoms with Crippen molar-refractivity contribution in [2.75, 3.05) is 0 Å². The number of rotatable bonds is 2. The standard InChI is InChI=1S/C4H6O2/c1-3-4(2)6-5/h3,5H,1-2H2. The Morgan fingerprint density at radius 1 is 1.83 bits per heavy atom. The summed E-state index contributed by atoms with van der Waals surface area (Å²) in [7, 11) is 0. The van der Waals surface area contributed by atoms with Gasteiger partial charge in [-0.3, -0.25) is 0 Å². The highest BCUT2D eigenvalue weighted by Gasteiger charge is 1.74. The van der Waals surface area contributed by atoms with Gasteiger partial charge in [-0.1, -0.05) is 13.2 Å². The van der Waals surface area contributed by atoms with E-state index in [-0.39, 0.29) is 5.76 Å². The van der Waals surface area contributed by atoms with Crippen LogP contribution in [0.1, 0.15) is 0 Å².